The summed E-state index contributed by atoms with van der Waals surface area (Å²) in [5.74, 6) is 1.75. The monoisotopic (exact) mass is 219 g/mol. The molecule has 1 aliphatic rings. The predicted octanol–water partition coefficient (Wildman–Crippen LogP) is 2.48. The zero-order valence-corrected chi connectivity index (χ0v) is 10.4. The summed E-state index contributed by atoms with van der Waals surface area (Å²) < 4.78 is 0. The number of hydrogen-bond acceptors (Lipinski definition) is 3. The summed E-state index contributed by atoms with van der Waals surface area (Å²) >= 11 is 0. The molecular weight excluding hydrogens is 198 g/mol. The molecule has 1 fully saturated rings. The molecule has 1 aromatic heterocycles. The lowest BCUT2D eigenvalue weighted by Crippen LogP contribution is -2.26. The minimum atomic E-state index is 0.301. The third-order valence-electron chi connectivity index (χ3n) is 3.50. The van der Waals surface area contributed by atoms with Gasteiger partial charge in [-0.25, -0.2) is 0 Å². The van der Waals surface area contributed by atoms with Gasteiger partial charge in [-0.3, -0.25) is 9.97 Å². The largest absolute Gasteiger partial charge is 0.309 e. The van der Waals surface area contributed by atoms with E-state index in [-0.39, 0.29) is 0 Å². The van der Waals surface area contributed by atoms with Gasteiger partial charge >= 0.3 is 0 Å². The molecule has 1 aliphatic carbocycles. The van der Waals surface area contributed by atoms with Gasteiger partial charge in [-0.15, -0.1) is 0 Å². The highest BCUT2D eigenvalue weighted by atomic mass is 14.9. The second-order valence-electron chi connectivity index (χ2n) is 4.97. The Kier molecular flexibility index (Phi) is 3.54. The van der Waals surface area contributed by atoms with E-state index in [0.717, 1.165) is 29.8 Å². The molecule has 0 aromatic carbocycles. The number of nitrogens with zero attached hydrogens (tertiary/aromatic N) is 2. The Morgan fingerprint density at radius 2 is 2.00 bits per heavy atom. The van der Waals surface area contributed by atoms with Gasteiger partial charge in [0.1, 0.15) is 0 Å². The van der Waals surface area contributed by atoms with Crippen LogP contribution in [0.25, 0.3) is 0 Å². The molecule has 1 aromatic rings. The van der Waals surface area contributed by atoms with E-state index < -0.39 is 0 Å². The highest BCUT2D eigenvalue weighted by molar-refractivity contribution is 5.12. The average Bonchev–Trinajstić information content (AvgIpc) is 3.10. The molecule has 1 heterocycles. The minimum absolute atomic E-state index is 0.301. The van der Waals surface area contributed by atoms with Crippen molar-refractivity contribution in [2.24, 2.45) is 11.8 Å². The molecule has 88 valence electrons. The van der Waals surface area contributed by atoms with Gasteiger partial charge in [0.25, 0.3) is 0 Å². The van der Waals surface area contributed by atoms with Crippen LogP contribution >= 0.6 is 0 Å². The van der Waals surface area contributed by atoms with Crippen molar-refractivity contribution in [1.82, 2.24) is 15.3 Å². The van der Waals surface area contributed by atoms with Crippen molar-refractivity contribution in [1.29, 1.82) is 0 Å². The van der Waals surface area contributed by atoms with Crippen LogP contribution in [0.5, 0.6) is 0 Å². The van der Waals surface area contributed by atoms with Crippen LogP contribution in [-0.4, -0.2) is 16.5 Å². The second kappa shape index (κ2) is 4.91. The standard InChI is InChI=1S/C13H21N3/c1-9(12-4-5-12)8-16-11(3)13-10(2)14-6-7-15-13/h6-7,9,11-12,16H,4-5,8H2,1-3H3. The molecule has 0 radical (unpaired) electrons. The number of aromatic nitrogens is 2. The smallest absolute Gasteiger partial charge is 0.0782 e. The Hall–Kier alpha value is -0.960. The van der Waals surface area contributed by atoms with Crippen molar-refractivity contribution >= 4 is 0 Å². The fourth-order valence-corrected chi connectivity index (χ4v) is 2.13. The maximum atomic E-state index is 4.39. The fraction of sp³-hybridized carbons (Fsp3) is 0.692. The van der Waals surface area contributed by atoms with Crippen LogP contribution in [0.1, 0.15) is 44.1 Å². The van der Waals surface area contributed by atoms with Crippen LogP contribution in [0.4, 0.5) is 0 Å². The van der Waals surface area contributed by atoms with Gasteiger partial charge < -0.3 is 5.32 Å². The third-order valence-corrected chi connectivity index (χ3v) is 3.50. The lowest BCUT2D eigenvalue weighted by Gasteiger charge is -2.17. The molecule has 3 heteroatoms. The first-order chi connectivity index (χ1) is 7.68. The molecule has 0 spiro atoms. The Morgan fingerprint density at radius 3 is 2.62 bits per heavy atom. The maximum absolute atomic E-state index is 4.39. The SMILES string of the molecule is Cc1nccnc1C(C)NCC(C)C1CC1. The van der Waals surface area contributed by atoms with E-state index in [2.05, 4.69) is 29.1 Å². The van der Waals surface area contributed by atoms with Gasteiger partial charge in [0, 0.05) is 18.4 Å². The highest BCUT2D eigenvalue weighted by Crippen LogP contribution is 2.36. The van der Waals surface area contributed by atoms with E-state index in [1.807, 2.05) is 6.92 Å². The van der Waals surface area contributed by atoms with E-state index in [9.17, 15) is 0 Å². The highest BCUT2D eigenvalue weighted by Gasteiger charge is 2.27. The summed E-state index contributed by atoms with van der Waals surface area (Å²) in [7, 11) is 0. The summed E-state index contributed by atoms with van der Waals surface area (Å²) in [6.45, 7) is 7.60. The summed E-state index contributed by atoms with van der Waals surface area (Å²) in [6, 6.07) is 0.301. The summed E-state index contributed by atoms with van der Waals surface area (Å²) in [5.41, 5.74) is 2.10. The maximum Gasteiger partial charge on any atom is 0.0782 e. The Balaban J connectivity index is 1.87. The first kappa shape index (κ1) is 11.5. The molecule has 3 nitrogen and oxygen atoms in total. The van der Waals surface area contributed by atoms with Crippen molar-refractivity contribution in [3.8, 4) is 0 Å². The number of aryl methyl sites for hydroxylation is 1. The molecule has 1 N–H and O–H groups in total. The zero-order valence-electron chi connectivity index (χ0n) is 10.4. The van der Waals surface area contributed by atoms with Gasteiger partial charge in [0.2, 0.25) is 0 Å². The van der Waals surface area contributed by atoms with Gasteiger partial charge in [-0.2, -0.15) is 0 Å². The minimum Gasteiger partial charge on any atom is -0.309 e. The second-order valence-corrected chi connectivity index (χ2v) is 4.97. The number of hydrogen-bond donors (Lipinski definition) is 1. The van der Waals surface area contributed by atoms with E-state index in [1.165, 1.54) is 12.8 Å². The topological polar surface area (TPSA) is 37.8 Å². The third kappa shape index (κ3) is 2.79. The lowest BCUT2D eigenvalue weighted by atomic mass is 10.1. The quantitative estimate of drug-likeness (QED) is 0.826. The van der Waals surface area contributed by atoms with Gasteiger partial charge in [-0.05, 0) is 45.1 Å². The van der Waals surface area contributed by atoms with E-state index in [0.29, 0.717) is 6.04 Å². The van der Waals surface area contributed by atoms with Crippen LogP contribution in [0, 0.1) is 18.8 Å². The molecule has 1 saturated carbocycles. The molecule has 0 bridgehead atoms. The Bertz CT molecular complexity index is 347. The molecule has 16 heavy (non-hydrogen) atoms. The van der Waals surface area contributed by atoms with Crippen molar-refractivity contribution in [3.05, 3.63) is 23.8 Å². The summed E-state index contributed by atoms with van der Waals surface area (Å²) in [6.07, 6.45) is 6.35. The van der Waals surface area contributed by atoms with E-state index in [1.54, 1.807) is 12.4 Å². The Labute approximate surface area is 97.7 Å². The van der Waals surface area contributed by atoms with Crippen LogP contribution in [-0.2, 0) is 0 Å². The normalized spacial score (nSPS) is 19.4. The van der Waals surface area contributed by atoms with Crippen molar-refractivity contribution < 1.29 is 0 Å². The van der Waals surface area contributed by atoms with Crippen molar-refractivity contribution in [3.63, 3.8) is 0 Å². The van der Waals surface area contributed by atoms with E-state index in [4.69, 9.17) is 0 Å². The van der Waals surface area contributed by atoms with Crippen molar-refractivity contribution in [2.45, 2.75) is 39.7 Å². The summed E-state index contributed by atoms with van der Waals surface area (Å²) in [5, 5.41) is 3.56. The summed E-state index contributed by atoms with van der Waals surface area (Å²) in [4.78, 5) is 8.66. The van der Waals surface area contributed by atoms with Gasteiger partial charge in [0.05, 0.1) is 11.4 Å². The van der Waals surface area contributed by atoms with Crippen LogP contribution < -0.4 is 5.32 Å². The van der Waals surface area contributed by atoms with Crippen molar-refractivity contribution in [2.75, 3.05) is 6.54 Å². The number of nitrogens with one attached hydrogen (secondary N) is 1. The van der Waals surface area contributed by atoms with Gasteiger partial charge in [-0.1, -0.05) is 6.92 Å². The van der Waals surface area contributed by atoms with Crippen LogP contribution in [0.3, 0.4) is 0 Å². The molecule has 0 saturated heterocycles. The van der Waals surface area contributed by atoms with Gasteiger partial charge in [0.15, 0.2) is 0 Å². The van der Waals surface area contributed by atoms with E-state index >= 15 is 0 Å². The molecule has 2 unspecified atom stereocenters. The fourth-order valence-electron chi connectivity index (χ4n) is 2.13. The molecule has 0 amide bonds. The molecule has 0 aliphatic heterocycles. The van der Waals surface area contributed by atoms with Crippen LogP contribution in [0.15, 0.2) is 12.4 Å². The average molecular weight is 219 g/mol. The Morgan fingerprint density at radius 1 is 1.31 bits per heavy atom. The number of rotatable bonds is 5. The first-order valence-corrected chi connectivity index (χ1v) is 6.19. The lowest BCUT2D eigenvalue weighted by molar-refractivity contribution is 0.427. The molecular formula is C13H21N3. The zero-order chi connectivity index (χ0) is 11.5. The molecule has 2 rings (SSSR count). The van der Waals surface area contributed by atoms with Crippen LogP contribution in [0.2, 0.25) is 0 Å². The first-order valence-electron chi connectivity index (χ1n) is 6.19. The molecule has 2 atom stereocenters. The predicted molar refractivity (Wildman–Crippen MR) is 65.1 cm³/mol.